The lowest BCUT2D eigenvalue weighted by atomic mass is 9.91. The zero-order chi connectivity index (χ0) is 30.0. The van der Waals surface area contributed by atoms with Crippen LogP contribution < -0.4 is 30.7 Å². The first-order valence-electron chi connectivity index (χ1n) is 13.5. The van der Waals surface area contributed by atoms with Crippen LogP contribution in [0.1, 0.15) is 45.5 Å². The molecular formula is C31H33N6O5+. The number of nitrogen functional groups attached to an aromatic ring is 2. The second kappa shape index (κ2) is 11.5. The third-order valence-corrected chi connectivity index (χ3v) is 7.89. The summed E-state index contributed by atoms with van der Waals surface area (Å²) in [5, 5.41) is 13.1. The van der Waals surface area contributed by atoms with Crippen LogP contribution in [0.5, 0.6) is 11.5 Å². The number of carboxylic acids is 1. The standard InChI is InChI=1S/C31H32N6O5/c1-37(22-8-10-34-11-9-22)17-24(30(39)40)27(38)23-7-5-18(14-25(23)37)4-6-20-12-19(15-26(41-2)28(20)42-3)13-21-16-35-31(33)36-29(21)32/h5,7,12,14-17,22,34H,8-11,13H2,1-3H3,(H4-,32,33,35,36,39,40)/p+1. The van der Waals surface area contributed by atoms with E-state index < -0.39 is 11.8 Å². The average molecular weight is 570 g/mol. The summed E-state index contributed by atoms with van der Waals surface area (Å²) in [5.74, 6) is 6.09. The van der Waals surface area contributed by atoms with Crippen LogP contribution in [0.2, 0.25) is 0 Å². The molecule has 2 aromatic carbocycles. The molecule has 42 heavy (non-hydrogen) atoms. The fourth-order valence-electron chi connectivity index (χ4n) is 5.69. The van der Waals surface area contributed by atoms with Crippen molar-refractivity contribution in [2.45, 2.75) is 25.3 Å². The largest absolute Gasteiger partial charge is 0.493 e. The minimum Gasteiger partial charge on any atom is -0.493 e. The Balaban J connectivity index is 1.56. The molecule has 1 unspecified atom stereocenters. The fourth-order valence-corrected chi connectivity index (χ4v) is 5.69. The molecule has 0 spiro atoms. The summed E-state index contributed by atoms with van der Waals surface area (Å²) in [7, 11) is 5.07. The highest BCUT2D eigenvalue weighted by Crippen LogP contribution is 2.39. The number of nitrogens with two attached hydrogens (primary N) is 2. The number of methoxy groups -OCH3 is 2. The Bertz CT molecular complexity index is 1670. The Labute approximate surface area is 243 Å². The van der Waals surface area contributed by atoms with Gasteiger partial charge in [0.25, 0.3) is 0 Å². The number of ether oxygens (including phenoxy) is 2. The topological polar surface area (TPSA) is 163 Å². The van der Waals surface area contributed by atoms with E-state index in [9.17, 15) is 14.7 Å². The first-order valence-corrected chi connectivity index (χ1v) is 13.5. The van der Waals surface area contributed by atoms with Gasteiger partial charge in [-0.25, -0.2) is 9.78 Å². The second-order valence-electron chi connectivity index (χ2n) is 10.5. The van der Waals surface area contributed by atoms with Crippen LogP contribution >= 0.6 is 0 Å². The van der Waals surface area contributed by atoms with E-state index in [1.54, 1.807) is 38.7 Å². The number of aromatic nitrogens is 2. The second-order valence-corrected chi connectivity index (χ2v) is 10.5. The maximum absolute atomic E-state index is 13.1. The summed E-state index contributed by atoms with van der Waals surface area (Å²) >= 11 is 0. The summed E-state index contributed by atoms with van der Waals surface area (Å²) in [6.07, 6.45) is 5.29. The van der Waals surface area contributed by atoms with Crippen LogP contribution in [-0.4, -0.2) is 67.2 Å². The number of carbonyl (C=O) groups excluding carboxylic acids is 1. The van der Waals surface area contributed by atoms with E-state index in [1.807, 2.05) is 25.2 Å². The summed E-state index contributed by atoms with van der Waals surface area (Å²) < 4.78 is 11.5. The lowest BCUT2D eigenvalue weighted by molar-refractivity contribution is -0.132. The van der Waals surface area contributed by atoms with Crippen LogP contribution in [0.15, 0.2) is 48.3 Å². The van der Waals surface area contributed by atoms with Crippen LogP contribution in [0.3, 0.4) is 0 Å². The van der Waals surface area contributed by atoms with E-state index in [0.29, 0.717) is 46.0 Å². The van der Waals surface area contributed by atoms with E-state index in [-0.39, 0.29) is 22.0 Å². The Morgan fingerprint density at radius 3 is 2.57 bits per heavy atom. The van der Waals surface area contributed by atoms with Crippen molar-refractivity contribution in [3.63, 3.8) is 0 Å². The van der Waals surface area contributed by atoms with E-state index in [4.69, 9.17) is 20.9 Å². The number of rotatable bonds is 6. The Morgan fingerprint density at radius 1 is 1.14 bits per heavy atom. The molecule has 2 aliphatic heterocycles. The number of aliphatic carboxylic acids is 1. The number of piperidine rings is 1. The molecule has 0 aliphatic carbocycles. The third kappa shape index (κ3) is 5.37. The van der Waals surface area contributed by atoms with Gasteiger partial charge in [0, 0.05) is 55.7 Å². The van der Waals surface area contributed by atoms with Gasteiger partial charge in [0.15, 0.2) is 17.1 Å². The Kier molecular flexibility index (Phi) is 7.85. The van der Waals surface area contributed by atoms with Crippen molar-refractivity contribution in [2.24, 2.45) is 0 Å². The summed E-state index contributed by atoms with van der Waals surface area (Å²) in [5.41, 5.74) is 15.4. The van der Waals surface area contributed by atoms with Crippen molar-refractivity contribution in [2.75, 3.05) is 45.8 Å². The monoisotopic (exact) mass is 569 g/mol. The number of hydrogen-bond acceptors (Lipinski definition) is 9. The van der Waals surface area contributed by atoms with Crippen molar-refractivity contribution in [1.29, 1.82) is 0 Å². The predicted octanol–water partition coefficient (Wildman–Crippen LogP) is 2.50. The molecule has 2 aliphatic rings. The number of fused-ring (bicyclic) bond motifs is 1. The fraction of sp³-hybridized carbons (Fsp3) is 0.290. The normalized spacial score (nSPS) is 18.4. The summed E-state index contributed by atoms with van der Waals surface area (Å²) in [4.78, 5) is 33.2. The Morgan fingerprint density at radius 2 is 1.90 bits per heavy atom. The van der Waals surface area contributed by atoms with Gasteiger partial charge in [0.05, 0.1) is 32.4 Å². The molecule has 11 heteroatoms. The molecule has 1 saturated heterocycles. The number of benzene rings is 2. The summed E-state index contributed by atoms with van der Waals surface area (Å²) in [6.45, 7) is 1.65. The number of carboxylic acid groups (broad SMARTS) is 1. The highest BCUT2D eigenvalue weighted by molar-refractivity contribution is 6.26. The quantitative estimate of drug-likeness (QED) is 0.197. The van der Waals surface area contributed by atoms with Crippen LogP contribution in [0, 0.1) is 11.8 Å². The SMILES string of the molecule is COc1cc(Cc2cnc(N)nc2N)cc(C#Cc2ccc3c(c2)[N+](C)(C2CCNCC2)C=C(C(=O)O)C3=O)c1OC. The van der Waals surface area contributed by atoms with Crippen LogP contribution in [-0.2, 0) is 11.2 Å². The molecule has 3 heterocycles. The van der Waals surface area contributed by atoms with Gasteiger partial charge in [-0.05, 0) is 29.8 Å². The van der Waals surface area contributed by atoms with Gasteiger partial charge in [-0.15, -0.1) is 0 Å². The number of Topliss-reactive ketones (excluding diaryl/α,β-unsaturated/α-hetero) is 1. The molecule has 216 valence electrons. The molecule has 0 saturated carbocycles. The number of anilines is 2. The summed E-state index contributed by atoms with van der Waals surface area (Å²) in [6, 6.07) is 9.15. The number of ketones is 1. The lowest BCUT2D eigenvalue weighted by Crippen LogP contribution is -2.55. The molecule has 5 rings (SSSR count). The van der Waals surface area contributed by atoms with E-state index >= 15 is 0 Å². The number of nitrogens with zero attached hydrogens (tertiary/aromatic N) is 3. The maximum Gasteiger partial charge on any atom is 0.345 e. The first-order chi connectivity index (χ1) is 20.1. The van der Waals surface area contributed by atoms with Crippen molar-refractivity contribution in [1.82, 2.24) is 19.8 Å². The molecule has 6 N–H and O–H groups in total. The van der Waals surface area contributed by atoms with Crippen molar-refractivity contribution >= 4 is 29.2 Å². The highest BCUT2D eigenvalue weighted by atomic mass is 16.5. The number of hydrogen-bond donors (Lipinski definition) is 4. The molecule has 1 atom stereocenters. The zero-order valence-corrected chi connectivity index (χ0v) is 23.7. The lowest BCUT2D eigenvalue weighted by Gasteiger charge is -2.42. The van der Waals surface area contributed by atoms with E-state index in [2.05, 4.69) is 27.1 Å². The van der Waals surface area contributed by atoms with Crippen LogP contribution in [0.25, 0.3) is 0 Å². The minimum absolute atomic E-state index is 0.103. The number of nitrogens with one attached hydrogen (secondary N) is 1. The molecule has 0 amide bonds. The molecule has 0 radical (unpaired) electrons. The smallest absolute Gasteiger partial charge is 0.345 e. The van der Waals surface area contributed by atoms with Gasteiger partial charge in [0.2, 0.25) is 11.7 Å². The van der Waals surface area contributed by atoms with Crippen LogP contribution in [0.4, 0.5) is 17.5 Å². The average Bonchev–Trinajstić information content (AvgIpc) is 2.99. The molecule has 1 aromatic heterocycles. The van der Waals surface area contributed by atoms with Crippen molar-refractivity contribution < 1.29 is 24.2 Å². The molecular weight excluding hydrogens is 536 g/mol. The Hall–Kier alpha value is -4.92. The first kappa shape index (κ1) is 28.6. The maximum atomic E-state index is 13.1. The van der Waals surface area contributed by atoms with Gasteiger partial charge in [0.1, 0.15) is 23.7 Å². The predicted molar refractivity (Wildman–Crippen MR) is 159 cm³/mol. The van der Waals surface area contributed by atoms with Gasteiger partial charge in [-0.2, -0.15) is 4.98 Å². The van der Waals surface area contributed by atoms with Gasteiger partial charge in [-0.1, -0.05) is 11.8 Å². The number of quaternary nitrogens is 1. The molecule has 11 nitrogen and oxygen atoms in total. The molecule has 3 aromatic rings. The molecule has 1 fully saturated rings. The van der Waals surface area contributed by atoms with Gasteiger partial charge in [-0.3, -0.25) is 9.28 Å². The van der Waals surface area contributed by atoms with E-state index in [1.165, 1.54) is 0 Å². The van der Waals surface area contributed by atoms with E-state index in [0.717, 1.165) is 37.2 Å². The zero-order valence-electron chi connectivity index (χ0n) is 23.7. The third-order valence-electron chi connectivity index (χ3n) is 7.89. The minimum atomic E-state index is -1.22. The number of carbonyl (C=O) groups is 2. The van der Waals surface area contributed by atoms with Gasteiger partial charge < -0.3 is 31.4 Å². The highest BCUT2D eigenvalue weighted by Gasteiger charge is 2.44. The molecule has 0 bridgehead atoms. The van der Waals surface area contributed by atoms with Crippen molar-refractivity contribution in [3.8, 4) is 23.3 Å². The van der Waals surface area contributed by atoms with Gasteiger partial charge >= 0.3 is 5.97 Å². The van der Waals surface area contributed by atoms with Crippen molar-refractivity contribution in [3.05, 3.63) is 76.1 Å².